The van der Waals surface area contributed by atoms with Crippen molar-refractivity contribution in [3.63, 3.8) is 0 Å². The minimum absolute atomic E-state index is 0.00590. The van der Waals surface area contributed by atoms with Gasteiger partial charge in [-0.2, -0.15) is 0 Å². The van der Waals surface area contributed by atoms with Gasteiger partial charge in [-0.05, 0) is 57.8 Å². The van der Waals surface area contributed by atoms with Gasteiger partial charge in [-0.1, -0.05) is 301 Å². The summed E-state index contributed by atoms with van der Waals surface area (Å²) in [5.41, 5.74) is 0. The Hall–Kier alpha value is -1.28. The highest BCUT2D eigenvalue weighted by Gasteiger charge is 2.23. The second-order valence-corrected chi connectivity index (χ2v) is 25.2. The Bertz CT molecular complexity index is 1320. The third-order valence-electron chi connectivity index (χ3n) is 15.1. The molecule has 75 heavy (non-hydrogen) atoms. The van der Waals surface area contributed by atoms with Crippen molar-refractivity contribution in [1.82, 2.24) is 5.32 Å². The Morgan fingerprint density at radius 3 is 1.08 bits per heavy atom. The number of aliphatic hydroxyl groups excluding tert-OH is 1. The molecule has 0 aliphatic rings. The molecular weight excluding hydrogens is 948 g/mol. The number of quaternary nitrogens is 1. The van der Waals surface area contributed by atoms with E-state index in [-0.39, 0.29) is 12.5 Å². The Morgan fingerprint density at radius 2 is 0.747 bits per heavy atom. The molecule has 3 unspecified atom stereocenters. The van der Waals surface area contributed by atoms with Gasteiger partial charge in [0.2, 0.25) is 5.91 Å². The molecule has 0 aliphatic carbocycles. The van der Waals surface area contributed by atoms with Crippen molar-refractivity contribution in [3.05, 3.63) is 36.5 Å². The molecule has 0 rings (SSSR count). The van der Waals surface area contributed by atoms with Crippen LogP contribution in [0.1, 0.15) is 328 Å². The van der Waals surface area contributed by atoms with E-state index in [2.05, 4.69) is 43.5 Å². The number of nitrogens with one attached hydrogen (secondary N) is 1. The van der Waals surface area contributed by atoms with Gasteiger partial charge in [-0.25, -0.2) is 0 Å². The third-order valence-corrected chi connectivity index (χ3v) is 16.0. The molecule has 3 atom stereocenters. The predicted molar refractivity (Wildman–Crippen MR) is 325 cm³/mol. The summed E-state index contributed by atoms with van der Waals surface area (Å²) in [5, 5.41) is 13.9. The van der Waals surface area contributed by atoms with Gasteiger partial charge >= 0.3 is 0 Å². The number of hydrogen-bond donors (Lipinski definition) is 2. The van der Waals surface area contributed by atoms with Crippen LogP contribution in [0.4, 0.5) is 0 Å². The van der Waals surface area contributed by atoms with E-state index in [1.807, 2.05) is 27.2 Å². The largest absolute Gasteiger partial charge is 0.756 e. The lowest BCUT2D eigenvalue weighted by Crippen LogP contribution is -2.45. The van der Waals surface area contributed by atoms with E-state index >= 15 is 0 Å². The fourth-order valence-corrected chi connectivity index (χ4v) is 10.7. The number of hydrogen-bond acceptors (Lipinski definition) is 6. The average molecular weight is 1080 g/mol. The highest BCUT2D eigenvalue weighted by Crippen LogP contribution is 2.38. The summed E-state index contributed by atoms with van der Waals surface area (Å²) in [6, 6.07) is -0.905. The number of aliphatic hydroxyl groups is 1. The Kier molecular flexibility index (Phi) is 56.4. The molecule has 2 N–H and O–H groups in total. The summed E-state index contributed by atoms with van der Waals surface area (Å²) in [7, 11) is 1.25. The fraction of sp³-hybridized carbons (Fsp3) is 0.894. The topological polar surface area (TPSA) is 108 Å². The maximum atomic E-state index is 13.0. The van der Waals surface area contributed by atoms with E-state index in [4.69, 9.17) is 9.05 Å². The molecule has 1 amide bonds. The minimum Gasteiger partial charge on any atom is -0.756 e. The van der Waals surface area contributed by atoms with E-state index in [0.717, 1.165) is 38.5 Å². The first-order valence-corrected chi connectivity index (χ1v) is 34.3. The summed E-state index contributed by atoms with van der Waals surface area (Å²) in [4.78, 5) is 25.6. The number of allylic oxidation sites excluding steroid dienone is 5. The second-order valence-electron chi connectivity index (χ2n) is 23.8. The van der Waals surface area contributed by atoms with Crippen LogP contribution in [-0.2, 0) is 18.4 Å². The first kappa shape index (κ1) is 73.7. The number of nitrogens with zero attached hydrogens (tertiary/aromatic N) is 1. The smallest absolute Gasteiger partial charge is 0.268 e. The highest BCUT2D eigenvalue weighted by atomic mass is 31.2. The van der Waals surface area contributed by atoms with Crippen molar-refractivity contribution >= 4 is 13.7 Å². The van der Waals surface area contributed by atoms with Crippen LogP contribution in [0.3, 0.4) is 0 Å². The van der Waals surface area contributed by atoms with Crippen LogP contribution in [0, 0.1) is 0 Å². The van der Waals surface area contributed by atoms with E-state index in [0.29, 0.717) is 17.4 Å². The lowest BCUT2D eigenvalue weighted by atomic mass is 10.0. The van der Waals surface area contributed by atoms with E-state index in [1.165, 1.54) is 270 Å². The number of unbranched alkanes of at least 4 members (excludes halogenated alkanes) is 44. The van der Waals surface area contributed by atoms with Crippen LogP contribution < -0.4 is 10.2 Å². The Morgan fingerprint density at radius 1 is 0.453 bits per heavy atom. The Balaban J connectivity index is 4.11. The summed E-state index contributed by atoms with van der Waals surface area (Å²) in [6.45, 7) is 4.67. The monoisotopic (exact) mass is 1080 g/mol. The van der Waals surface area contributed by atoms with Gasteiger partial charge in [-0.3, -0.25) is 9.36 Å². The predicted octanol–water partition coefficient (Wildman–Crippen LogP) is 19.9. The molecule has 0 fully saturated rings. The molecule has 0 aromatic rings. The van der Waals surface area contributed by atoms with Gasteiger partial charge in [0, 0.05) is 6.42 Å². The number of phosphoric ester groups is 1. The van der Waals surface area contributed by atoms with Gasteiger partial charge in [0.15, 0.2) is 0 Å². The van der Waals surface area contributed by atoms with Crippen LogP contribution in [-0.4, -0.2) is 68.5 Å². The van der Waals surface area contributed by atoms with Gasteiger partial charge in [0.05, 0.1) is 39.9 Å². The second kappa shape index (κ2) is 57.4. The van der Waals surface area contributed by atoms with Gasteiger partial charge in [0.1, 0.15) is 13.2 Å². The van der Waals surface area contributed by atoms with Gasteiger partial charge < -0.3 is 28.8 Å². The molecule has 0 saturated carbocycles. The summed E-state index contributed by atoms with van der Waals surface area (Å²) in [6.07, 6.45) is 75.5. The molecular formula is C66H129N2O6P. The molecule has 0 saturated heterocycles. The van der Waals surface area contributed by atoms with Gasteiger partial charge in [0.25, 0.3) is 7.82 Å². The summed E-state index contributed by atoms with van der Waals surface area (Å²) < 4.78 is 23.4. The quantitative estimate of drug-likeness (QED) is 0.0272. The van der Waals surface area contributed by atoms with E-state index in [9.17, 15) is 19.4 Å². The molecule has 0 bridgehead atoms. The molecule has 9 heteroatoms. The molecule has 8 nitrogen and oxygen atoms in total. The van der Waals surface area contributed by atoms with Crippen LogP contribution in [0.25, 0.3) is 0 Å². The third kappa shape index (κ3) is 60.2. The maximum Gasteiger partial charge on any atom is 0.268 e. The number of carbonyl (C=O) groups excluding carboxylic acids is 1. The molecule has 0 aliphatic heterocycles. The SMILES string of the molecule is CCCCCCCCCC/C=C\CCCCCCCCCCCC(=O)NC(COP(=O)([O-])OCC[N+](C)(C)C)C(O)/C=C/CC/C=C/CCCCCCCCCCCCCCCCCCCCCCCCCCCC. The molecule has 0 aromatic carbocycles. The zero-order valence-corrected chi connectivity index (χ0v) is 51.7. The van der Waals surface area contributed by atoms with Crippen LogP contribution in [0.5, 0.6) is 0 Å². The lowest BCUT2D eigenvalue weighted by molar-refractivity contribution is -0.870. The number of amides is 1. The molecule has 0 aromatic heterocycles. The van der Waals surface area contributed by atoms with Crippen molar-refractivity contribution in [1.29, 1.82) is 0 Å². The van der Waals surface area contributed by atoms with Crippen LogP contribution in [0.2, 0.25) is 0 Å². The number of likely N-dealkylation sites (N-methyl/N-ethyl adjacent to an activating group) is 1. The Labute approximate surface area is 467 Å². The molecule has 0 heterocycles. The van der Waals surface area contributed by atoms with Crippen molar-refractivity contribution in [3.8, 4) is 0 Å². The molecule has 0 radical (unpaired) electrons. The standard InChI is InChI=1S/C66H129N2O6P/c1-6-8-10-12-14-16-18-20-22-24-26-28-29-30-31-32-33-34-35-36-37-38-40-41-43-45-47-49-51-53-55-57-59-65(69)64(63-74-75(71,72)73-62-61-68(3,4)5)67-66(70)60-58-56-54-52-50-48-46-44-42-39-27-25-23-21-19-17-15-13-11-9-7-2/h25,27,49,51,57,59,64-65,69H,6-24,26,28-48,50,52-56,58,60-63H2,1-5H3,(H-,67,70,71,72)/b27-25-,51-49+,59-57+. The number of phosphoric acid groups is 1. The van der Waals surface area contributed by atoms with Crippen molar-refractivity contribution in [2.24, 2.45) is 0 Å². The molecule has 444 valence electrons. The van der Waals surface area contributed by atoms with E-state index < -0.39 is 26.6 Å². The average Bonchev–Trinajstić information content (AvgIpc) is 3.37. The minimum atomic E-state index is -4.61. The lowest BCUT2D eigenvalue weighted by Gasteiger charge is -2.29. The van der Waals surface area contributed by atoms with Gasteiger partial charge in [-0.15, -0.1) is 0 Å². The van der Waals surface area contributed by atoms with Crippen molar-refractivity contribution in [2.75, 3.05) is 40.9 Å². The summed E-state index contributed by atoms with van der Waals surface area (Å²) in [5.74, 6) is -0.205. The molecule has 0 spiro atoms. The van der Waals surface area contributed by atoms with Crippen LogP contribution in [0.15, 0.2) is 36.5 Å². The maximum absolute atomic E-state index is 13.0. The first-order valence-electron chi connectivity index (χ1n) is 32.9. The number of carbonyl (C=O) groups is 1. The summed E-state index contributed by atoms with van der Waals surface area (Å²) >= 11 is 0. The van der Waals surface area contributed by atoms with Crippen LogP contribution >= 0.6 is 7.82 Å². The fourth-order valence-electron chi connectivity index (χ4n) is 9.93. The van der Waals surface area contributed by atoms with Crippen molar-refractivity contribution in [2.45, 2.75) is 341 Å². The zero-order chi connectivity index (χ0) is 54.9. The van der Waals surface area contributed by atoms with Crippen molar-refractivity contribution < 1.29 is 32.9 Å². The highest BCUT2D eigenvalue weighted by molar-refractivity contribution is 7.45. The van der Waals surface area contributed by atoms with E-state index in [1.54, 1.807) is 6.08 Å². The zero-order valence-electron chi connectivity index (χ0n) is 50.8. The number of rotatable bonds is 61. The first-order chi connectivity index (χ1) is 36.5. The normalized spacial score (nSPS) is 14.0.